The van der Waals surface area contributed by atoms with Crippen LogP contribution in [0.5, 0.6) is 0 Å². The van der Waals surface area contributed by atoms with Gasteiger partial charge in [0, 0.05) is 44.1 Å². The van der Waals surface area contributed by atoms with Crippen molar-refractivity contribution < 1.29 is 12.8 Å². The molecule has 0 amide bonds. The first kappa shape index (κ1) is 16.8. The van der Waals surface area contributed by atoms with Crippen molar-refractivity contribution in [2.45, 2.75) is 32.1 Å². The van der Waals surface area contributed by atoms with Crippen LogP contribution in [-0.4, -0.2) is 59.9 Å². The fourth-order valence-corrected chi connectivity index (χ4v) is 6.02. The molecular formula is C18H23N3O3S. The highest BCUT2D eigenvalue weighted by molar-refractivity contribution is 7.91. The summed E-state index contributed by atoms with van der Waals surface area (Å²) in [6.07, 6.45) is 3.57. The zero-order chi connectivity index (χ0) is 17.4. The molecule has 25 heavy (non-hydrogen) atoms. The molecule has 2 aromatic rings. The molecule has 2 fully saturated rings. The van der Waals surface area contributed by atoms with Gasteiger partial charge in [-0.25, -0.2) is 8.42 Å². The van der Waals surface area contributed by atoms with Crippen molar-refractivity contribution >= 4 is 9.84 Å². The van der Waals surface area contributed by atoms with Crippen molar-refractivity contribution in [3.8, 4) is 0 Å². The minimum absolute atomic E-state index is 0.0333. The number of nitrogens with zero attached hydrogens (tertiary/aromatic N) is 3. The second-order valence-electron chi connectivity index (χ2n) is 7.02. The highest BCUT2D eigenvalue weighted by Gasteiger charge is 2.46. The molecule has 2 aliphatic rings. The molecule has 0 bridgehead atoms. The summed E-state index contributed by atoms with van der Waals surface area (Å²) in [7, 11) is -3.00. The molecule has 4 heterocycles. The van der Waals surface area contributed by atoms with Gasteiger partial charge in [-0.05, 0) is 36.8 Å². The van der Waals surface area contributed by atoms with Crippen LogP contribution in [0.15, 0.2) is 41.1 Å². The third-order valence-corrected chi connectivity index (χ3v) is 6.89. The first-order valence-electron chi connectivity index (χ1n) is 8.63. The average Bonchev–Trinajstić information content (AvgIpc) is 3.13. The summed E-state index contributed by atoms with van der Waals surface area (Å²) in [5.74, 6) is 2.28. The highest BCUT2D eigenvalue weighted by atomic mass is 32.2. The molecule has 0 aliphatic carbocycles. The van der Waals surface area contributed by atoms with Gasteiger partial charge in [-0.2, -0.15) is 0 Å². The molecule has 4 rings (SSSR count). The lowest BCUT2D eigenvalue weighted by Crippen LogP contribution is -2.58. The number of hydrogen-bond donors (Lipinski definition) is 0. The fourth-order valence-electron chi connectivity index (χ4n) is 3.98. The highest BCUT2D eigenvalue weighted by Crippen LogP contribution is 2.29. The summed E-state index contributed by atoms with van der Waals surface area (Å²) in [5, 5.41) is 0. The normalized spacial score (nSPS) is 26.6. The first-order valence-corrected chi connectivity index (χ1v) is 10.4. The maximum Gasteiger partial charge on any atom is 0.153 e. The maximum absolute atomic E-state index is 12.3. The lowest BCUT2D eigenvalue weighted by Gasteiger charge is -2.43. The molecule has 2 aliphatic heterocycles. The Balaban J connectivity index is 1.53. The van der Waals surface area contributed by atoms with E-state index < -0.39 is 9.84 Å². The number of hydrogen-bond acceptors (Lipinski definition) is 6. The molecule has 0 saturated carbocycles. The van der Waals surface area contributed by atoms with Gasteiger partial charge in [-0.1, -0.05) is 0 Å². The predicted molar refractivity (Wildman–Crippen MR) is 94.7 cm³/mol. The van der Waals surface area contributed by atoms with E-state index in [0.29, 0.717) is 6.54 Å². The number of sulfone groups is 1. The van der Waals surface area contributed by atoms with Crippen LogP contribution in [0.1, 0.15) is 17.1 Å². The van der Waals surface area contributed by atoms with Crippen LogP contribution < -0.4 is 0 Å². The zero-order valence-corrected chi connectivity index (χ0v) is 15.2. The smallest absolute Gasteiger partial charge is 0.153 e. The van der Waals surface area contributed by atoms with Crippen LogP contribution in [0.25, 0.3) is 0 Å². The fraction of sp³-hybridized carbons (Fsp3) is 0.500. The number of aryl methyl sites for hydroxylation is 1. The third-order valence-electron chi connectivity index (χ3n) is 5.20. The number of piperazine rings is 1. The van der Waals surface area contributed by atoms with Gasteiger partial charge >= 0.3 is 0 Å². The Bertz CT molecular complexity index is 834. The van der Waals surface area contributed by atoms with Crippen molar-refractivity contribution in [2.24, 2.45) is 0 Å². The van der Waals surface area contributed by atoms with E-state index in [-0.39, 0.29) is 23.6 Å². The number of furan rings is 1. The predicted octanol–water partition coefficient (Wildman–Crippen LogP) is 1.47. The van der Waals surface area contributed by atoms with Crippen LogP contribution in [0.4, 0.5) is 0 Å². The average molecular weight is 361 g/mol. The Morgan fingerprint density at radius 1 is 1.04 bits per heavy atom. The van der Waals surface area contributed by atoms with Gasteiger partial charge in [0.2, 0.25) is 0 Å². The summed E-state index contributed by atoms with van der Waals surface area (Å²) in [4.78, 5) is 8.64. The molecule has 6 nitrogen and oxygen atoms in total. The lowest BCUT2D eigenvalue weighted by molar-refractivity contribution is 0.0316. The van der Waals surface area contributed by atoms with Gasteiger partial charge in [0.05, 0.1) is 18.1 Å². The van der Waals surface area contributed by atoms with Crippen molar-refractivity contribution in [2.75, 3.05) is 24.6 Å². The Hall–Kier alpha value is -1.70. The lowest BCUT2D eigenvalue weighted by atomic mass is 10.0. The van der Waals surface area contributed by atoms with E-state index in [0.717, 1.165) is 31.2 Å². The minimum atomic E-state index is -3.00. The van der Waals surface area contributed by atoms with Gasteiger partial charge in [0.1, 0.15) is 11.5 Å². The Kier molecular flexibility index (Phi) is 4.39. The zero-order valence-electron chi connectivity index (χ0n) is 14.3. The molecular weight excluding hydrogens is 338 g/mol. The quantitative estimate of drug-likeness (QED) is 0.822. The topological polar surface area (TPSA) is 66.7 Å². The van der Waals surface area contributed by atoms with Crippen molar-refractivity contribution in [1.82, 2.24) is 14.8 Å². The second-order valence-corrected chi connectivity index (χ2v) is 9.17. The standard InChI is InChI=1S/C18H23N3O3S/c1-14-2-3-16(24-14)11-21-9-8-20(10-15-4-6-19-7-5-15)17-12-25(22,23)13-18(17)21/h2-7,17-18H,8-13H2,1H3/t17-,18+/m1/s1. The van der Waals surface area contributed by atoms with Crippen LogP contribution in [0.2, 0.25) is 0 Å². The van der Waals surface area contributed by atoms with Crippen LogP contribution in [0.3, 0.4) is 0 Å². The molecule has 0 radical (unpaired) electrons. The SMILES string of the molecule is Cc1ccc(CN2CCN(Cc3ccncc3)[C@@H]3CS(=O)(=O)C[C@@H]32)o1. The summed E-state index contributed by atoms with van der Waals surface area (Å²) < 4.78 is 30.3. The van der Waals surface area contributed by atoms with E-state index >= 15 is 0 Å². The molecule has 0 unspecified atom stereocenters. The largest absolute Gasteiger partial charge is 0.465 e. The summed E-state index contributed by atoms with van der Waals surface area (Å²) in [5.41, 5.74) is 1.17. The van der Waals surface area contributed by atoms with Crippen molar-refractivity contribution in [1.29, 1.82) is 0 Å². The third kappa shape index (κ3) is 3.63. The maximum atomic E-state index is 12.3. The molecule has 0 spiro atoms. The molecule has 7 heteroatoms. The second kappa shape index (κ2) is 6.55. The van der Waals surface area contributed by atoms with E-state index in [2.05, 4.69) is 14.8 Å². The van der Waals surface area contributed by atoms with E-state index in [1.54, 1.807) is 12.4 Å². The van der Waals surface area contributed by atoms with E-state index in [1.165, 1.54) is 5.56 Å². The van der Waals surface area contributed by atoms with Gasteiger partial charge in [-0.3, -0.25) is 14.8 Å². The van der Waals surface area contributed by atoms with E-state index in [1.807, 2.05) is 31.2 Å². The number of pyridine rings is 1. The minimum Gasteiger partial charge on any atom is -0.465 e. The van der Waals surface area contributed by atoms with Crippen LogP contribution >= 0.6 is 0 Å². The van der Waals surface area contributed by atoms with Crippen LogP contribution in [-0.2, 0) is 22.9 Å². The summed E-state index contributed by atoms with van der Waals surface area (Å²) >= 11 is 0. The van der Waals surface area contributed by atoms with Gasteiger partial charge < -0.3 is 4.42 Å². The summed E-state index contributed by atoms with van der Waals surface area (Å²) in [6, 6.07) is 8.01. The Morgan fingerprint density at radius 3 is 2.28 bits per heavy atom. The van der Waals surface area contributed by atoms with Crippen LogP contribution in [0, 0.1) is 6.92 Å². The van der Waals surface area contributed by atoms with Crippen molar-refractivity contribution in [3.05, 3.63) is 53.7 Å². The molecule has 2 saturated heterocycles. The van der Waals surface area contributed by atoms with Crippen molar-refractivity contribution in [3.63, 3.8) is 0 Å². The number of aromatic nitrogens is 1. The van der Waals surface area contributed by atoms with Gasteiger partial charge in [-0.15, -0.1) is 0 Å². The summed E-state index contributed by atoms with van der Waals surface area (Å²) in [6.45, 7) is 5.08. The molecule has 2 aromatic heterocycles. The van der Waals surface area contributed by atoms with Gasteiger partial charge in [0.15, 0.2) is 9.84 Å². The molecule has 0 aromatic carbocycles. The molecule has 2 atom stereocenters. The monoisotopic (exact) mass is 361 g/mol. The Labute approximate surface area is 148 Å². The molecule has 0 N–H and O–H groups in total. The van der Waals surface area contributed by atoms with Gasteiger partial charge in [0.25, 0.3) is 0 Å². The van der Waals surface area contributed by atoms with E-state index in [9.17, 15) is 8.42 Å². The molecule has 134 valence electrons. The number of fused-ring (bicyclic) bond motifs is 1. The Morgan fingerprint density at radius 2 is 1.68 bits per heavy atom. The number of rotatable bonds is 4. The van der Waals surface area contributed by atoms with E-state index in [4.69, 9.17) is 4.42 Å². The first-order chi connectivity index (χ1) is 12.0.